The van der Waals surface area contributed by atoms with E-state index in [2.05, 4.69) is 32.4 Å². The maximum atomic E-state index is 12.8. The molecule has 0 aliphatic heterocycles. The van der Waals surface area contributed by atoms with Crippen LogP contribution in [0.25, 0.3) is 10.9 Å². The van der Waals surface area contributed by atoms with Gasteiger partial charge < -0.3 is 4.57 Å². The van der Waals surface area contributed by atoms with Crippen molar-refractivity contribution in [3.63, 3.8) is 0 Å². The fraction of sp³-hybridized carbons (Fsp3) is 0.350. The second-order valence-corrected chi connectivity index (χ2v) is 8.20. The number of ketones is 1. The van der Waals surface area contributed by atoms with Crippen LogP contribution in [0, 0.1) is 13.8 Å². The van der Waals surface area contributed by atoms with E-state index in [0.29, 0.717) is 22.6 Å². The number of halogens is 1. The van der Waals surface area contributed by atoms with Gasteiger partial charge in [0.05, 0.1) is 16.7 Å². The van der Waals surface area contributed by atoms with E-state index >= 15 is 0 Å². The topological polar surface area (TPSA) is 56.9 Å². The van der Waals surface area contributed by atoms with Crippen LogP contribution >= 0.6 is 27.7 Å². The van der Waals surface area contributed by atoms with Gasteiger partial charge in [-0.1, -0.05) is 27.7 Å². The van der Waals surface area contributed by atoms with Gasteiger partial charge in [0.25, 0.3) is 5.56 Å². The van der Waals surface area contributed by atoms with Crippen LogP contribution in [0.2, 0.25) is 0 Å². The number of fused-ring (bicyclic) bond motifs is 1. The van der Waals surface area contributed by atoms with Crippen molar-refractivity contribution >= 4 is 44.4 Å². The molecular formula is C20H22BrN3O2S. The van der Waals surface area contributed by atoms with Crippen LogP contribution in [-0.2, 0) is 13.1 Å². The fourth-order valence-electron chi connectivity index (χ4n) is 3.34. The van der Waals surface area contributed by atoms with Crippen LogP contribution < -0.4 is 5.56 Å². The summed E-state index contributed by atoms with van der Waals surface area (Å²) >= 11 is 4.72. The van der Waals surface area contributed by atoms with Crippen LogP contribution in [0.1, 0.15) is 35.6 Å². The smallest absolute Gasteiger partial charge is 0.262 e. The molecule has 0 radical (unpaired) electrons. The quantitative estimate of drug-likeness (QED) is 0.315. The van der Waals surface area contributed by atoms with Gasteiger partial charge in [-0.15, -0.1) is 0 Å². The predicted octanol–water partition coefficient (Wildman–Crippen LogP) is 4.59. The van der Waals surface area contributed by atoms with Crippen LogP contribution in [0.5, 0.6) is 0 Å². The number of carbonyl (C=O) groups is 1. The Balaban J connectivity index is 1.92. The Morgan fingerprint density at radius 1 is 1.15 bits per heavy atom. The summed E-state index contributed by atoms with van der Waals surface area (Å²) in [5, 5.41) is 1.16. The lowest BCUT2D eigenvalue weighted by Gasteiger charge is -2.11. The molecule has 0 atom stereocenters. The van der Waals surface area contributed by atoms with E-state index in [4.69, 9.17) is 0 Å². The third-order valence-electron chi connectivity index (χ3n) is 4.72. The fourth-order valence-corrected chi connectivity index (χ4v) is 4.65. The first-order valence-electron chi connectivity index (χ1n) is 8.90. The van der Waals surface area contributed by atoms with Gasteiger partial charge in [0, 0.05) is 34.5 Å². The number of rotatable bonds is 6. The van der Waals surface area contributed by atoms with Crippen molar-refractivity contribution in [2.75, 3.05) is 5.75 Å². The molecule has 7 heteroatoms. The highest BCUT2D eigenvalue weighted by molar-refractivity contribution is 9.10. The van der Waals surface area contributed by atoms with E-state index in [-0.39, 0.29) is 17.1 Å². The standard InChI is InChI=1S/C20H22BrN3O2S/c1-5-23-12(3)9-15(13(23)4)18(25)11-27-20-22-17-8-7-14(21)10-16(17)19(26)24(20)6-2/h7-10H,5-6,11H2,1-4H3. The van der Waals surface area contributed by atoms with Crippen molar-refractivity contribution in [2.24, 2.45) is 0 Å². The number of Topliss-reactive ketones (excluding diaryl/α,β-unsaturated/α-hetero) is 1. The summed E-state index contributed by atoms with van der Waals surface area (Å²) in [5.74, 6) is 0.309. The van der Waals surface area contributed by atoms with Gasteiger partial charge in [-0.2, -0.15) is 0 Å². The molecule has 0 N–H and O–H groups in total. The van der Waals surface area contributed by atoms with Crippen molar-refractivity contribution < 1.29 is 4.79 Å². The van der Waals surface area contributed by atoms with Crippen LogP contribution in [0.15, 0.2) is 38.7 Å². The lowest BCUT2D eigenvalue weighted by Crippen LogP contribution is -2.23. The van der Waals surface area contributed by atoms with E-state index in [1.54, 1.807) is 10.6 Å². The van der Waals surface area contributed by atoms with E-state index < -0.39 is 0 Å². The molecule has 0 bridgehead atoms. The molecule has 0 aliphatic carbocycles. The molecule has 0 saturated heterocycles. The molecule has 0 saturated carbocycles. The Hall–Kier alpha value is -1.86. The normalized spacial score (nSPS) is 11.3. The Kier molecular flexibility index (Phi) is 5.91. The molecule has 0 fully saturated rings. The van der Waals surface area contributed by atoms with Gasteiger partial charge in [0.2, 0.25) is 0 Å². The average molecular weight is 448 g/mol. The first-order valence-corrected chi connectivity index (χ1v) is 10.7. The maximum Gasteiger partial charge on any atom is 0.262 e. The molecule has 2 heterocycles. The monoisotopic (exact) mass is 447 g/mol. The van der Waals surface area contributed by atoms with Crippen LogP contribution in [0.4, 0.5) is 0 Å². The predicted molar refractivity (Wildman–Crippen MR) is 114 cm³/mol. The largest absolute Gasteiger partial charge is 0.349 e. The molecule has 0 aliphatic rings. The average Bonchev–Trinajstić information content (AvgIpc) is 2.94. The van der Waals surface area contributed by atoms with Gasteiger partial charge in [-0.3, -0.25) is 14.2 Å². The molecular weight excluding hydrogens is 426 g/mol. The number of nitrogens with zero attached hydrogens (tertiary/aromatic N) is 3. The zero-order valence-corrected chi connectivity index (χ0v) is 18.3. The maximum absolute atomic E-state index is 12.8. The van der Waals surface area contributed by atoms with Gasteiger partial charge in [0.15, 0.2) is 10.9 Å². The zero-order valence-electron chi connectivity index (χ0n) is 15.9. The third kappa shape index (κ3) is 3.75. The van der Waals surface area contributed by atoms with Gasteiger partial charge >= 0.3 is 0 Å². The molecule has 27 heavy (non-hydrogen) atoms. The van der Waals surface area contributed by atoms with E-state index in [1.165, 1.54) is 11.8 Å². The summed E-state index contributed by atoms with van der Waals surface area (Å²) < 4.78 is 4.60. The van der Waals surface area contributed by atoms with Gasteiger partial charge in [0.1, 0.15) is 0 Å². The summed E-state index contributed by atoms with van der Waals surface area (Å²) in [5.41, 5.74) is 3.39. The summed E-state index contributed by atoms with van der Waals surface area (Å²) in [7, 11) is 0. The van der Waals surface area contributed by atoms with Crippen molar-refractivity contribution in [1.82, 2.24) is 14.1 Å². The molecule has 0 amide bonds. The third-order valence-corrected chi connectivity index (χ3v) is 6.19. The van der Waals surface area contributed by atoms with Crippen LogP contribution in [-0.4, -0.2) is 25.7 Å². The molecule has 3 aromatic rings. The van der Waals surface area contributed by atoms with Crippen molar-refractivity contribution in [3.8, 4) is 0 Å². The van der Waals surface area contributed by atoms with E-state index in [1.807, 2.05) is 39.0 Å². The van der Waals surface area contributed by atoms with Gasteiger partial charge in [-0.05, 0) is 52.0 Å². The highest BCUT2D eigenvalue weighted by Crippen LogP contribution is 2.23. The molecule has 142 valence electrons. The second kappa shape index (κ2) is 8.02. The lowest BCUT2D eigenvalue weighted by atomic mass is 10.2. The Morgan fingerprint density at radius 2 is 1.85 bits per heavy atom. The lowest BCUT2D eigenvalue weighted by molar-refractivity contribution is 0.102. The SMILES string of the molecule is CCn1c(C)cc(C(=O)CSc2nc3ccc(Br)cc3c(=O)n2CC)c1C. The summed E-state index contributed by atoms with van der Waals surface area (Å²) in [4.78, 5) is 30.2. The Labute approximate surface area is 170 Å². The number of aromatic nitrogens is 3. The number of carbonyl (C=O) groups excluding carboxylic acids is 1. The minimum absolute atomic E-state index is 0.0561. The molecule has 0 unspecified atom stereocenters. The van der Waals surface area contributed by atoms with E-state index in [0.717, 1.165) is 28.0 Å². The number of hydrogen-bond donors (Lipinski definition) is 0. The molecule has 0 spiro atoms. The minimum atomic E-state index is -0.0806. The number of aryl methyl sites for hydroxylation is 1. The van der Waals surface area contributed by atoms with Crippen molar-refractivity contribution in [3.05, 3.63) is 56.0 Å². The number of benzene rings is 1. The Morgan fingerprint density at radius 3 is 2.48 bits per heavy atom. The number of thioether (sulfide) groups is 1. The first kappa shape index (κ1) is 19.9. The van der Waals surface area contributed by atoms with Crippen molar-refractivity contribution in [2.45, 2.75) is 45.9 Å². The second-order valence-electron chi connectivity index (χ2n) is 6.35. The highest BCUT2D eigenvalue weighted by atomic mass is 79.9. The number of hydrogen-bond acceptors (Lipinski definition) is 4. The zero-order chi connectivity index (χ0) is 19.7. The van der Waals surface area contributed by atoms with Gasteiger partial charge in [-0.25, -0.2) is 4.98 Å². The summed E-state index contributed by atoms with van der Waals surface area (Å²) in [6, 6.07) is 7.42. The highest BCUT2D eigenvalue weighted by Gasteiger charge is 2.17. The molecule has 5 nitrogen and oxygen atoms in total. The van der Waals surface area contributed by atoms with Crippen molar-refractivity contribution in [1.29, 1.82) is 0 Å². The Bertz CT molecular complexity index is 1090. The summed E-state index contributed by atoms with van der Waals surface area (Å²) in [6.07, 6.45) is 0. The minimum Gasteiger partial charge on any atom is -0.349 e. The molecule has 1 aromatic carbocycles. The molecule has 3 rings (SSSR count). The molecule has 2 aromatic heterocycles. The first-order chi connectivity index (χ1) is 12.9. The summed E-state index contributed by atoms with van der Waals surface area (Å²) in [6.45, 7) is 9.32. The van der Waals surface area contributed by atoms with Crippen LogP contribution in [0.3, 0.4) is 0 Å². The van der Waals surface area contributed by atoms with E-state index in [9.17, 15) is 9.59 Å².